The highest BCUT2D eigenvalue weighted by Crippen LogP contribution is 2.25. The van der Waals surface area contributed by atoms with Crippen LogP contribution in [0.5, 0.6) is 0 Å². The van der Waals surface area contributed by atoms with E-state index < -0.39 is 0 Å². The van der Waals surface area contributed by atoms with Gasteiger partial charge in [-0.25, -0.2) is 14.8 Å². The van der Waals surface area contributed by atoms with E-state index in [1.807, 2.05) is 6.07 Å². The van der Waals surface area contributed by atoms with Gasteiger partial charge in [-0.3, -0.25) is 10.2 Å². The zero-order chi connectivity index (χ0) is 18.5. The lowest BCUT2D eigenvalue weighted by Gasteiger charge is -2.38. The fraction of sp³-hybridized carbons (Fsp3) is 0.750. The monoisotopic (exact) mass is 372 g/mol. The van der Waals surface area contributed by atoms with E-state index in [1.165, 1.54) is 44.9 Å². The molecule has 0 unspecified atom stereocenters. The van der Waals surface area contributed by atoms with Crippen molar-refractivity contribution >= 4 is 17.7 Å². The van der Waals surface area contributed by atoms with Crippen LogP contribution in [-0.2, 0) is 0 Å². The number of hydrogen-bond acceptors (Lipinski definition) is 5. The molecule has 0 atom stereocenters. The van der Waals surface area contributed by atoms with Crippen molar-refractivity contribution in [2.45, 2.75) is 69.9 Å². The summed E-state index contributed by atoms with van der Waals surface area (Å²) >= 11 is 0. The van der Waals surface area contributed by atoms with Gasteiger partial charge in [-0.2, -0.15) is 0 Å². The second-order valence-electron chi connectivity index (χ2n) is 8.16. The molecular weight excluding hydrogens is 340 g/mol. The maximum Gasteiger partial charge on any atom is 0.320 e. The Labute approximate surface area is 161 Å². The first-order valence-corrected chi connectivity index (χ1v) is 10.7. The van der Waals surface area contributed by atoms with Gasteiger partial charge in [0.1, 0.15) is 18.0 Å². The Kier molecular flexibility index (Phi) is 6.07. The van der Waals surface area contributed by atoms with Gasteiger partial charge < -0.3 is 10.2 Å². The lowest BCUT2D eigenvalue weighted by molar-refractivity contribution is 0.187. The van der Waals surface area contributed by atoms with E-state index in [4.69, 9.17) is 0 Å². The molecule has 0 radical (unpaired) electrons. The summed E-state index contributed by atoms with van der Waals surface area (Å²) in [5, 5.41) is 5.96. The van der Waals surface area contributed by atoms with E-state index >= 15 is 0 Å². The molecule has 3 aliphatic rings. The minimum Gasteiger partial charge on any atom is -0.354 e. The Morgan fingerprint density at radius 2 is 1.63 bits per heavy atom. The number of carbonyl (C=O) groups excluding carboxylic acids is 1. The molecule has 1 aromatic heterocycles. The highest BCUT2D eigenvalue weighted by Gasteiger charge is 2.26. The Morgan fingerprint density at radius 3 is 2.37 bits per heavy atom. The molecule has 7 heteroatoms. The predicted octanol–water partition coefficient (Wildman–Crippen LogP) is 3.00. The molecule has 2 amide bonds. The summed E-state index contributed by atoms with van der Waals surface area (Å²) in [4.78, 5) is 25.9. The van der Waals surface area contributed by atoms with Crippen molar-refractivity contribution in [3.05, 3.63) is 12.4 Å². The molecule has 2 N–H and O–H groups in total. The number of amides is 2. The third-order valence-electron chi connectivity index (χ3n) is 6.31. The van der Waals surface area contributed by atoms with Gasteiger partial charge in [-0.05, 0) is 25.7 Å². The molecule has 27 heavy (non-hydrogen) atoms. The van der Waals surface area contributed by atoms with Gasteiger partial charge in [0.15, 0.2) is 0 Å². The van der Waals surface area contributed by atoms with Gasteiger partial charge in [-0.1, -0.05) is 32.1 Å². The topological polar surface area (TPSA) is 73.4 Å². The number of hydrogen-bond donors (Lipinski definition) is 2. The lowest BCUT2D eigenvalue weighted by atomic mass is 9.96. The molecule has 4 rings (SSSR count). The Morgan fingerprint density at radius 1 is 0.926 bits per heavy atom. The van der Waals surface area contributed by atoms with Crippen LogP contribution < -0.4 is 15.5 Å². The molecule has 2 heterocycles. The molecule has 3 fully saturated rings. The van der Waals surface area contributed by atoms with Gasteiger partial charge in [0.05, 0.1) is 0 Å². The predicted molar refractivity (Wildman–Crippen MR) is 107 cm³/mol. The SMILES string of the molecule is O=C(Nc1cc(N2CCN(C3CCCC3)CC2)ncn1)NC1CCCCC1. The summed E-state index contributed by atoms with van der Waals surface area (Å²) in [5.41, 5.74) is 0. The molecular formula is C20H32N6O. The quantitative estimate of drug-likeness (QED) is 0.850. The van der Waals surface area contributed by atoms with Crippen molar-refractivity contribution in [2.24, 2.45) is 0 Å². The van der Waals surface area contributed by atoms with Crippen LogP contribution in [0, 0.1) is 0 Å². The third-order valence-corrected chi connectivity index (χ3v) is 6.31. The molecule has 0 aromatic carbocycles. The molecule has 2 aliphatic carbocycles. The van der Waals surface area contributed by atoms with Crippen LogP contribution in [0.1, 0.15) is 57.8 Å². The number of aromatic nitrogens is 2. The molecule has 1 aromatic rings. The van der Waals surface area contributed by atoms with Crippen molar-refractivity contribution in [1.29, 1.82) is 0 Å². The maximum atomic E-state index is 12.3. The molecule has 0 spiro atoms. The number of piperazine rings is 1. The van der Waals surface area contributed by atoms with Crippen LogP contribution in [0.2, 0.25) is 0 Å². The normalized spacial score (nSPS) is 22.7. The second-order valence-corrected chi connectivity index (χ2v) is 8.16. The van der Waals surface area contributed by atoms with Crippen molar-refractivity contribution in [1.82, 2.24) is 20.2 Å². The number of nitrogens with zero attached hydrogens (tertiary/aromatic N) is 4. The van der Waals surface area contributed by atoms with Gasteiger partial charge in [-0.15, -0.1) is 0 Å². The summed E-state index contributed by atoms with van der Waals surface area (Å²) in [6.07, 6.45) is 12.9. The van der Waals surface area contributed by atoms with E-state index in [9.17, 15) is 4.79 Å². The van der Waals surface area contributed by atoms with Gasteiger partial charge in [0.25, 0.3) is 0 Å². The summed E-state index contributed by atoms with van der Waals surface area (Å²) < 4.78 is 0. The summed E-state index contributed by atoms with van der Waals surface area (Å²) in [7, 11) is 0. The fourth-order valence-electron chi connectivity index (χ4n) is 4.76. The number of rotatable bonds is 4. The highest BCUT2D eigenvalue weighted by molar-refractivity contribution is 5.88. The van der Waals surface area contributed by atoms with Crippen molar-refractivity contribution in [2.75, 3.05) is 36.4 Å². The third kappa shape index (κ3) is 4.89. The highest BCUT2D eigenvalue weighted by atomic mass is 16.2. The Hall–Kier alpha value is -1.89. The van der Waals surface area contributed by atoms with E-state index in [-0.39, 0.29) is 6.03 Å². The smallest absolute Gasteiger partial charge is 0.320 e. The largest absolute Gasteiger partial charge is 0.354 e. The van der Waals surface area contributed by atoms with E-state index in [0.29, 0.717) is 11.9 Å². The second kappa shape index (κ2) is 8.87. The molecule has 2 saturated carbocycles. The van der Waals surface area contributed by atoms with Gasteiger partial charge in [0.2, 0.25) is 0 Å². The van der Waals surface area contributed by atoms with Crippen LogP contribution in [-0.4, -0.2) is 59.2 Å². The van der Waals surface area contributed by atoms with Crippen LogP contribution in [0.15, 0.2) is 12.4 Å². The summed E-state index contributed by atoms with van der Waals surface area (Å²) in [6.45, 7) is 4.17. The average Bonchev–Trinajstić information content (AvgIpc) is 3.24. The first-order valence-electron chi connectivity index (χ1n) is 10.7. The first-order chi connectivity index (χ1) is 13.3. The van der Waals surface area contributed by atoms with E-state index in [0.717, 1.165) is 50.9 Å². The minimum absolute atomic E-state index is 0.155. The number of urea groups is 1. The maximum absolute atomic E-state index is 12.3. The Balaban J connectivity index is 1.29. The molecule has 1 aliphatic heterocycles. The van der Waals surface area contributed by atoms with Crippen molar-refractivity contribution in [3.63, 3.8) is 0 Å². The average molecular weight is 373 g/mol. The van der Waals surface area contributed by atoms with Crippen molar-refractivity contribution < 1.29 is 4.79 Å². The summed E-state index contributed by atoms with van der Waals surface area (Å²) in [5.74, 6) is 1.48. The van der Waals surface area contributed by atoms with E-state index in [1.54, 1.807) is 6.33 Å². The van der Waals surface area contributed by atoms with Crippen LogP contribution in [0.4, 0.5) is 16.4 Å². The van der Waals surface area contributed by atoms with Crippen LogP contribution in [0.25, 0.3) is 0 Å². The zero-order valence-electron chi connectivity index (χ0n) is 16.2. The molecule has 1 saturated heterocycles. The lowest BCUT2D eigenvalue weighted by Crippen LogP contribution is -2.50. The minimum atomic E-state index is -0.155. The molecule has 7 nitrogen and oxygen atoms in total. The zero-order valence-corrected chi connectivity index (χ0v) is 16.2. The first kappa shape index (κ1) is 18.5. The standard InChI is InChI=1S/C20H32N6O/c27-20(23-16-6-2-1-3-7-16)24-18-14-19(22-15-21-18)26-12-10-25(11-13-26)17-8-4-5-9-17/h14-17H,1-13H2,(H2,21,22,23,24,27). The van der Waals surface area contributed by atoms with Crippen molar-refractivity contribution in [3.8, 4) is 0 Å². The number of carbonyl (C=O) groups is 1. The van der Waals surface area contributed by atoms with Gasteiger partial charge >= 0.3 is 6.03 Å². The van der Waals surface area contributed by atoms with Crippen LogP contribution >= 0.6 is 0 Å². The Bertz CT molecular complexity index is 619. The van der Waals surface area contributed by atoms with E-state index in [2.05, 4.69) is 30.4 Å². The summed E-state index contributed by atoms with van der Waals surface area (Å²) in [6, 6.07) is 2.82. The fourth-order valence-corrected chi connectivity index (χ4v) is 4.76. The molecule has 148 valence electrons. The molecule has 0 bridgehead atoms. The van der Waals surface area contributed by atoms with Gasteiger partial charge in [0, 0.05) is 44.3 Å². The number of anilines is 2. The van der Waals surface area contributed by atoms with Crippen LogP contribution in [0.3, 0.4) is 0 Å². The number of nitrogens with one attached hydrogen (secondary N) is 2.